The van der Waals surface area contributed by atoms with Crippen LogP contribution >= 0.6 is 0 Å². The highest BCUT2D eigenvalue weighted by atomic mass is 19.1. The fourth-order valence-corrected chi connectivity index (χ4v) is 2.56. The first-order chi connectivity index (χ1) is 9.31. The maximum atomic E-state index is 14.0. The third-order valence-electron chi connectivity index (χ3n) is 3.42. The molecule has 2 aromatic rings. The van der Waals surface area contributed by atoms with E-state index in [1.165, 1.54) is 6.07 Å². The molecule has 4 nitrogen and oxygen atoms in total. The smallest absolute Gasteiger partial charge is 0.203 e. The van der Waals surface area contributed by atoms with Gasteiger partial charge in [0.2, 0.25) is 5.95 Å². The summed E-state index contributed by atoms with van der Waals surface area (Å²) in [7, 11) is 0. The summed E-state index contributed by atoms with van der Waals surface area (Å²) in [4.78, 5) is 4.56. The number of anilines is 1. The molecule has 1 aromatic heterocycles. The minimum Gasteiger partial charge on any atom is -0.356 e. The lowest BCUT2D eigenvalue weighted by atomic mass is 10.1. The van der Waals surface area contributed by atoms with Crippen LogP contribution in [0.3, 0.4) is 0 Å². The molecule has 19 heavy (non-hydrogen) atoms. The van der Waals surface area contributed by atoms with Crippen molar-refractivity contribution in [3.63, 3.8) is 0 Å². The Balaban J connectivity index is 2.15. The van der Waals surface area contributed by atoms with Crippen molar-refractivity contribution in [2.24, 2.45) is 5.73 Å². The van der Waals surface area contributed by atoms with E-state index in [-0.39, 0.29) is 5.82 Å². The molecule has 3 N–H and O–H groups in total. The monoisotopic (exact) mass is 260 g/mol. The summed E-state index contributed by atoms with van der Waals surface area (Å²) in [6, 6.07) is 6.75. The molecule has 100 valence electrons. The molecule has 2 heterocycles. The Morgan fingerprint density at radius 3 is 3.00 bits per heavy atom. The highest BCUT2D eigenvalue weighted by Crippen LogP contribution is 2.30. The van der Waals surface area contributed by atoms with Crippen LogP contribution in [0, 0.1) is 5.82 Å². The number of fused-ring (bicyclic) bond motifs is 1. The Kier molecular flexibility index (Phi) is 3.21. The van der Waals surface area contributed by atoms with E-state index in [4.69, 9.17) is 5.73 Å². The van der Waals surface area contributed by atoms with Crippen molar-refractivity contribution in [2.75, 3.05) is 18.4 Å². The molecule has 0 atom stereocenters. The van der Waals surface area contributed by atoms with Crippen LogP contribution < -0.4 is 11.1 Å². The summed E-state index contributed by atoms with van der Waals surface area (Å²) < 4.78 is 16.1. The first kappa shape index (κ1) is 12.2. The van der Waals surface area contributed by atoms with Crippen LogP contribution in [0.25, 0.3) is 11.3 Å². The van der Waals surface area contributed by atoms with E-state index in [0.29, 0.717) is 24.2 Å². The Bertz CT molecular complexity index is 591. The molecule has 0 fully saturated rings. The van der Waals surface area contributed by atoms with Gasteiger partial charge in [-0.1, -0.05) is 12.1 Å². The molecular formula is C14H17FN4. The Morgan fingerprint density at radius 1 is 1.37 bits per heavy atom. The summed E-state index contributed by atoms with van der Waals surface area (Å²) in [5.41, 5.74) is 7.97. The van der Waals surface area contributed by atoms with Crippen LogP contribution in [0.15, 0.2) is 24.3 Å². The number of benzene rings is 1. The fourth-order valence-electron chi connectivity index (χ4n) is 2.56. The quantitative estimate of drug-likeness (QED) is 0.887. The minimum absolute atomic E-state index is 0.240. The van der Waals surface area contributed by atoms with E-state index >= 15 is 0 Å². The Morgan fingerprint density at radius 2 is 2.21 bits per heavy atom. The van der Waals surface area contributed by atoms with Gasteiger partial charge in [-0.3, -0.25) is 0 Å². The summed E-state index contributed by atoms with van der Waals surface area (Å²) >= 11 is 0. The van der Waals surface area contributed by atoms with Crippen molar-refractivity contribution >= 4 is 5.95 Å². The Hall–Kier alpha value is -1.88. The maximum absolute atomic E-state index is 14.0. The average molecular weight is 260 g/mol. The van der Waals surface area contributed by atoms with Gasteiger partial charge in [0, 0.05) is 30.8 Å². The van der Waals surface area contributed by atoms with Crippen LogP contribution in [0.5, 0.6) is 0 Å². The van der Waals surface area contributed by atoms with Gasteiger partial charge in [-0.15, -0.1) is 0 Å². The molecular weight excluding hydrogens is 243 g/mol. The SMILES string of the molecule is NCCc1c(-c2ccccc2F)nc2n1CCCN2. The van der Waals surface area contributed by atoms with Crippen LogP contribution in [-0.4, -0.2) is 22.6 Å². The Labute approximate surface area is 111 Å². The summed E-state index contributed by atoms with van der Waals surface area (Å²) in [6.45, 7) is 2.36. The first-order valence-corrected chi connectivity index (χ1v) is 6.59. The van der Waals surface area contributed by atoms with Gasteiger partial charge in [0.15, 0.2) is 0 Å². The molecule has 1 aromatic carbocycles. The highest BCUT2D eigenvalue weighted by Gasteiger charge is 2.21. The number of hydrogen-bond acceptors (Lipinski definition) is 3. The van der Waals surface area contributed by atoms with Gasteiger partial charge in [0.05, 0.1) is 5.69 Å². The van der Waals surface area contributed by atoms with Gasteiger partial charge in [0.1, 0.15) is 5.82 Å². The highest BCUT2D eigenvalue weighted by molar-refractivity contribution is 5.65. The zero-order valence-electron chi connectivity index (χ0n) is 10.7. The van der Waals surface area contributed by atoms with Crippen LogP contribution in [0.2, 0.25) is 0 Å². The molecule has 1 aliphatic heterocycles. The summed E-state index contributed by atoms with van der Waals surface area (Å²) in [5, 5.41) is 3.26. The maximum Gasteiger partial charge on any atom is 0.203 e. The minimum atomic E-state index is -0.240. The van der Waals surface area contributed by atoms with Crippen LogP contribution in [0.4, 0.5) is 10.3 Å². The van der Waals surface area contributed by atoms with Crippen LogP contribution in [0.1, 0.15) is 12.1 Å². The zero-order valence-corrected chi connectivity index (χ0v) is 10.7. The molecule has 1 aliphatic rings. The number of halogens is 1. The summed E-state index contributed by atoms with van der Waals surface area (Å²) in [6.07, 6.45) is 1.76. The average Bonchev–Trinajstić information content (AvgIpc) is 2.79. The molecule has 0 radical (unpaired) electrons. The number of nitrogens with zero attached hydrogens (tertiary/aromatic N) is 2. The van der Waals surface area contributed by atoms with Gasteiger partial charge < -0.3 is 15.6 Å². The van der Waals surface area contributed by atoms with Crippen molar-refractivity contribution in [1.29, 1.82) is 0 Å². The third kappa shape index (κ3) is 2.10. The van der Waals surface area contributed by atoms with Crippen molar-refractivity contribution in [3.8, 4) is 11.3 Å². The molecule has 5 heteroatoms. The predicted molar refractivity (Wildman–Crippen MR) is 73.5 cm³/mol. The lowest BCUT2D eigenvalue weighted by Gasteiger charge is -2.17. The molecule has 0 spiro atoms. The molecule has 0 unspecified atom stereocenters. The van der Waals surface area contributed by atoms with Gasteiger partial charge in [-0.25, -0.2) is 9.37 Å². The van der Waals surface area contributed by atoms with Crippen molar-refractivity contribution < 1.29 is 4.39 Å². The standard InChI is InChI=1S/C14H17FN4/c15-11-5-2-1-4-10(11)13-12(6-7-16)19-9-3-8-17-14(19)18-13/h1-2,4-5H,3,6-9,16H2,(H,17,18). The number of nitrogens with two attached hydrogens (primary N) is 1. The van der Waals surface area contributed by atoms with Crippen molar-refractivity contribution in [2.45, 2.75) is 19.4 Å². The van der Waals surface area contributed by atoms with E-state index in [1.54, 1.807) is 12.1 Å². The second-order valence-corrected chi connectivity index (χ2v) is 4.68. The normalized spacial score (nSPS) is 14.0. The topological polar surface area (TPSA) is 55.9 Å². The van der Waals surface area contributed by atoms with E-state index in [9.17, 15) is 4.39 Å². The van der Waals surface area contributed by atoms with Crippen molar-refractivity contribution in [3.05, 3.63) is 35.8 Å². The molecule has 0 saturated heterocycles. The number of hydrogen-bond donors (Lipinski definition) is 2. The second-order valence-electron chi connectivity index (χ2n) is 4.68. The fraction of sp³-hybridized carbons (Fsp3) is 0.357. The molecule has 0 bridgehead atoms. The van der Waals surface area contributed by atoms with E-state index < -0.39 is 0 Å². The van der Waals surface area contributed by atoms with E-state index in [0.717, 1.165) is 31.2 Å². The number of rotatable bonds is 3. The predicted octanol–water partition coefficient (Wildman–Crippen LogP) is 2.01. The van der Waals surface area contributed by atoms with Crippen molar-refractivity contribution in [1.82, 2.24) is 9.55 Å². The lowest BCUT2D eigenvalue weighted by molar-refractivity contribution is 0.602. The van der Waals surface area contributed by atoms with Crippen LogP contribution in [-0.2, 0) is 13.0 Å². The zero-order chi connectivity index (χ0) is 13.2. The van der Waals surface area contributed by atoms with Gasteiger partial charge >= 0.3 is 0 Å². The molecule has 0 aliphatic carbocycles. The lowest BCUT2D eigenvalue weighted by Crippen LogP contribution is -2.19. The van der Waals surface area contributed by atoms with E-state index in [2.05, 4.69) is 14.9 Å². The van der Waals surface area contributed by atoms with Gasteiger partial charge in [-0.05, 0) is 25.1 Å². The third-order valence-corrected chi connectivity index (χ3v) is 3.42. The molecule has 0 amide bonds. The summed E-state index contributed by atoms with van der Waals surface area (Å²) in [5.74, 6) is 0.587. The second kappa shape index (κ2) is 5.01. The van der Waals surface area contributed by atoms with Gasteiger partial charge in [-0.2, -0.15) is 0 Å². The number of aromatic nitrogens is 2. The first-order valence-electron chi connectivity index (χ1n) is 6.59. The molecule has 3 rings (SSSR count). The largest absolute Gasteiger partial charge is 0.356 e. The van der Waals surface area contributed by atoms with Gasteiger partial charge in [0.25, 0.3) is 0 Å². The number of nitrogens with one attached hydrogen (secondary N) is 1. The number of imidazole rings is 1. The van der Waals surface area contributed by atoms with E-state index in [1.807, 2.05) is 6.07 Å². The molecule has 0 saturated carbocycles.